The molecular weight excluding hydrogens is 502 g/mol. The third-order valence-electron chi connectivity index (χ3n) is 5.53. The molecule has 0 bridgehead atoms. The molecular formula is C23H29N7O8. The number of benzene rings is 1. The summed E-state index contributed by atoms with van der Waals surface area (Å²) < 4.78 is 4.97. The summed E-state index contributed by atoms with van der Waals surface area (Å²) in [5, 5.41) is 21.7. The molecule has 1 saturated heterocycles. The van der Waals surface area contributed by atoms with Crippen LogP contribution in [0, 0.1) is 0 Å². The fraction of sp³-hybridized carbons (Fsp3) is 0.435. The van der Waals surface area contributed by atoms with E-state index in [9.17, 15) is 33.9 Å². The van der Waals surface area contributed by atoms with E-state index in [0.717, 1.165) is 6.42 Å². The molecule has 6 N–H and O–H groups in total. The summed E-state index contributed by atoms with van der Waals surface area (Å²) in [5.41, 5.74) is 0.700. The summed E-state index contributed by atoms with van der Waals surface area (Å²) in [5.74, 6) is -2.96. The fourth-order valence-corrected chi connectivity index (χ4v) is 3.53. The molecule has 2 aliphatic heterocycles. The maximum absolute atomic E-state index is 12.6. The van der Waals surface area contributed by atoms with Crippen LogP contribution in [0.1, 0.15) is 24.8 Å². The Labute approximate surface area is 217 Å². The van der Waals surface area contributed by atoms with E-state index < -0.39 is 55.1 Å². The van der Waals surface area contributed by atoms with Gasteiger partial charge in [0.15, 0.2) is 5.96 Å². The number of urea groups is 1. The first-order valence-corrected chi connectivity index (χ1v) is 11.9. The van der Waals surface area contributed by atoms with E-state index in [-0.39, 0.29) is 25.4 Å². The third-order valence-corrected chi connectivity index (χ3v) is 5.53. The average molecular weight is 532 g/mol. The van der Waals surface area contributed by atoms with Gasteiger partial charge in [0, 0.05) is 26.1 Å². The van der Waals surface area contributed by atoms with Crippen LogP contribution in [0.5, 0.6) is 0 Å². The number of guanidine groups is 1. The van der Waals surface area contributed by atoms with Gasteiger partial charge in [-0.15, -0.1) is 0 Å². The number of nitrogens with zero attached hydrogens (tertiary/aromatic N) is 2. The SMILES string of the molecule is O=C(CN1C(=O)NC(CCC(=O)NC2=NCCCN2)C1=O)NC[C@H](NC(=O)OCc1ccccc1)C(=O)O. The van der Waals surface area contributed by atoms with E-state index in [1.54, 1.807) is 30.3 Å². The number of nitrogens with one attached hydrogen (secondary N) is 5. The minimum Gasteiger partial charge on any atom is -0.480 e. The smallest absolute Gasteiger partial charge is 0.408 e. The van der Waals surface area contributed by atoms with Crippen molar-refractivity contribution in [1.29, 1.82) is 0 Å². The van der Waals surface area contributed by atoms with Crippen LogP contribution >= 0.6 is 0 Å². The molecule has 2 aliphatic rings. The van der Waals surface area contributed by atoms with Gasteiger partial charge in [-0.05, 0) is 18.4 Å². The molecule has 1 fully saturated rings. The first-order valence-electron chi connectivity index (χ1n) is 11.9. The van der Waals surface area contributed by atoms with Crippen LogP contribution < -0.4 is 26.6 Å². The molecule has 0 aromatic heterocycles. The second kappa shape index (κ2) is 13.6. The first-order chi connectivity index (χ1) is 18.2. The number of carbonyl (C=O) groups is 6. The number of carbonyl (C=O) groups excluding carboxylic acids is 5. The number of carboxylic acid groups (broad SMARTS) is 1. The van der Waals surface area contributed by atoms with Crippen LogP contribution in [0.3, 0.4) is 0 Å². The first kappa shape index (κ1) is 27.9. The fourth-order valence-electron chi connectivity index (χ4n) is 3.53. The monoisotopic (exact) mass is 531 g/mol. The second-order valence-corrected chi connectivity index (χ2v) is 8.42. The van der Waals surface area contributed by atoms with Crippen LogP contribution in [-0.4, -0.2) is 90.0 Å². The molecule has 6 amide bonds. The van der Waals surface area contributed by atoms with Gasteiger partial charge in [0.25, 0.3) is 5.91 Å². The molecule has 1 unspecified atom stereocenters. The third kappa shape index (κ3) is 8.46. The molecule has 2 heterocycles. The zero-order valence-electron chi connectivity index (χ0n) is 20.4. The summed E-state index contributed by atoms with van der Waals surface area (Å²) in [6, 6.07) is 5.42. The molecule has 15 heteroatoms. The van der Waals surface area contributed by atoms with Gasteiger partial charge in [0.1, 0.15) is 25.2 Å². The zero-order valence-corrected chi connectivity index (χ0v) is 20.4. The van der Waals surface area contributed by atoms with E-state index in [1.807, 2.05) is 0 Å². The Bertz CT molecular complexity index is 1090. The predicted octanol–water partition coefficient (Wildman–Crippen LogP) is -1.35. The van der Waals surface area contributed by atoms with Gasteiger partial charge in [0.2, 0.25) is 11.8 Å². The Morgan fingerprint density at radius 2 is 1.92 bits per heavy atom. The lowest BCUT2D eigenvalue weighted by Gasteiger charge is -2.17. The zero-order chi connectivity index (χ0) is 27.5. The van der Waals surface area contributed by atoms with Crippen LogP contribution in [0.25, 0.3) is 0 Å². The van der Waals surface area contributed by atoms with E-state index in [0.29, 0.717) is 29.5 Å². The predicted molar refractivity (Wildman–Crippen MR) is 131 cm³/mol. The summed E-state index contributed by atoms with van der Waals surface area (Å²) in [7, 11) is 0. The molecule has 0 radical (unpaired) electrons. The molecule has 0 spiro atoms. The number of amides is 6. The molecule has 2 atom stereocenters. The van der Waals surface area contributed by atoms with Gasteiger partial charge in [-0.1, -0.05) is 30.3 Å². The van der Waals surface area contributed by atoms with Crippen LogP contribution in [0.15, 0.2) is 35.3 Å². The summed E-state index contributed by atoms with van der Waals surface area (Å²) in [6.07, 6.45) is -0.190. The van der Waals surface area contributed by atoms with Crippen molar-refractivity contribution in [2.75, 3.05) is 26.2 Å². The van der Waals surface area contributed by atoms with Crippen molar-refractivity contribution in [2.24, 2.45) is 4.99 Å². The maximum Gasteiger partial charge on any atom is 0.408 e. The number of carboxylic acids is 1. The van der Waals surface area contributed by atoms with Crippen LogP contribution in [0.2, 0.25) is 0 Å². The lowest BCUT2D eigenvalue weighted by atomic mass is 10.1. The highest BCUT2D eigenvalue weighted by Crippen LogP contribution is 2.11. The van der Waals surface area contributed by atoms with E-state index in [4.69, 9.17) is 4.74 Å². The average Bonchev–Trinajstić information content (AvgIpc) is 3.17. The van der Waals surface area contributed by atoms with Gasteiger partial charge in [-0.3, -0.25) is 29.6 Å². The Hall–Kier alpha value is -4.69. The van der Waals surface area contributed by atoms with Crippen LogP contribution in [-0.2, 0) is 30.5 Å². The van der Waals surface area contributed by atoms with Crippen LogP contribution in [0.4, 0.5) is 9.59 Å². The summed E-state index contributed by atoms with van der Waals surface area (Å²) in [6.45, 7) is 0.0258. The molecule has 1 aromatic carbocycles. The largest absolute Gasteiger partial charge is 0.480 e. The number of ether oxygens (including phenoxy) is 1. The Morgan fingerprint density at radius 3 is 2.61 bits per heavy atom. The van der Waals surface area contributed by atoms with Gasteiger partial charge < -0.3 is 31.1 Å². The van der Waals surface area contributed by atoms with Crippen molar-refractivity contribution < 1.29 is 38.6 Å². The standard InChI is InChI=1S/C23H29N7O8/c31-17(29-21-24-9-4-10-25-21)8-7-15-19(33)30(22(36)27-15)12-18(32)26-11-16(20(34)35)28-23(37)38-13-14-5-2-1-3-6-14/h1-3,5-6,15-16H,4,7-13H2,(H,26,32)(H,27,36)(H,28,37)(H,34,35)(H2,24,25,29,31)/t15?,16-/m0/s1. The minimum atomic E-state index is -1.51. The van der Waals surface area contributed by atoms with Gasteiger partial charge >= 0.3 is 18.1 Å². The van der Waals surface area contributed by atoms with Gasteiger partial charge in [-0.2, -0.15) is 0 Å². The molecule has 38 heavy (non-hydrogen) atoms. The Balaban J connectivity index is 1.40. The molecule has 0 aliphatic carbocycles. The van der Waals surface area contributed by atoms with Gasteiger partial charge in [-0.25, -0.2) is 14.4 Å². The van der Waals surface area contributed by atoms with Crippen molar-refractivity contribution in [3.8, 4) is 0 Å². The van der Waals surface area contributed by atoms with Crippen molar-refractivity contribution in [1.82, 2.24) is 31.5 Å². The topological polar surface area (TPSA) is 208 Å². The highest BCUT2D eigenvalue weighted by molar-refractivity contribution is 6.06. The lowest BCUT2D eigenvalue weighted by Crippen LogP contribution is -2.50. The second-order valence-electron chi connectivity index (χ2n) is 8.42. The minimum absolute atomic E-state index is 0.0118. The number of hydrogen-bond acceptors (Lipinski definition) is 9. The van der Waals surface area contributed by atoms with Crippen molar-refractivity contribution in [3.63, 3.8) is 0 Å². The number of aliphatic carboxylic acids is 1. The van der Waals surface area contributed by atoms with Crippen molar-refractivity contribution in [3.05, 3.63) is 35.9 Å². The number of rotatable bonds is 11. The lowest BCUT2D eigenvalue weighted by molar-refractivity contribution is -0.139. The molecule has 0 saturated carbocycles. The van der Waals surface area contributed by atoms with Crippen molar-refractivity contribution >= 4 is 41.8 Å². The summed E-state index contributed by atoms with van der Waals surface area (Å²) >= 11 is 0. The summed E-state index contributed by atoms with van der Waals surface area (Å²) in [4.78, 5) is 77.3. The Morgan fingerprint density at radius 1 is 1.16 bits per heavy atom. The van der Waals surface area contributed by atoms with E-state index >= 15 is 0 Å². The normalized spacial score (nSPS) is 17.4. The molecule has 204 valence electrons. The Kier molecular flexibility index (Phi) is 9.96. The van der Waals surface area contributed by atoms with E-state index in [1.165, 1.54) is 0 Å². The number of imide groups is 1. The highest BCUT2D eigenvalue weighted by atomic mass is 16.5. The maximum atomic E-state index is 12.6. The number of hydrogen-bond donors (Lipinski definition) is 6. The molecule has 15 nitrogen and oxygen atoms in total. The molecule has 1 aromatic rings. The number of alkyl carbamates (subject to hydrolysis) is 1. The quantitative estimate of drug-likeness (QED) is 0.186. The number of aliphatic imine (C=N–C) groups is 1. The van der Waals surface area contributed by atoms with Crippen molar-refractivity contribution in [2.45, 2.75) is 38.0 Å². The van der Waals surface area contributed by atoms with E-state index in [2.05, 4.69) is 31.6 Å². The van der Waals surface area contributed by atoms with Gasteiger partial charge in [0.05, 0.1) is 0 Å². The highest BCUT2D eigenvalue weighted by Gasteiger charge is 2.39. The molecule has 3 rings (SSSR count).